The summed E-state index contributed by atoms with van der Waals surface area (Å²) in [5, 5.41) is 0. The molecule has 20 nitrogen and oxygen atoms in total. The van der Waals surface area contributed by atoms with Gasteiger partial charge in [-0.25, -0.2) is 18.3 Å². The molecule has 36 heteroatoms. The van der Waals surface area contributed by atoms with Gasteiger partial charge in [0, 0.05) is 121 Å². The lowest BCUT2D eigenvalue weighted by Gasteiger charge is -2.33. The molecule has 0 unspecified atom stereocenters. The van der Waals surface area contributed by atoms with Crippen molar-refractivity contribution in [3.8, 4) is 89.5 Å². The second-order valence-corrected chi connectivity index (χ2v) is 40.7. The molecule has 16 aromatic rings. The van der Waals surface area contributed by atoms with Crippen molar-refractivity contribution in [2.75, 3.05) is 51.1 Å². The first-order chi connectivity index (χ1) is 64.8. The van der Waals surface area contributed by atoms with E-state index >= 15 is 17.6 Å². The molecule has 8 heterocycles. The molecule has 8 aromatic carbocycles. The fraction of sp³-hybridized carbons (Fsp3) is 0.170. The highest BCUT2D eigenvalue weighted by atomic mass is 79.9. The summed E-state index contributed by atoms with van der Waals surface area (Å²) in [5.74, 6) is -1.76. The van der Waals surface area contributed by atoms with E-state index in [4.69, 9.17) is 18.1 Å². The summed E-state index contributed by atoms with van der Waals surface area (Å²) in [6, 6.07) is 84.0. The zero-order chi connectivity index (χ0) is 93.5. The van der Waals surface area contributed by atoms with E-state index in [2.05, 4.69) is 24.3 Å². The van der Waals surface area contributed by atoms with Gasteiger partial charge in [0.05, 0.1) is 37.3 Å². The highest BCUT2D eigenvalue weighted by Crippen LogP contribution is 2.59. The lowest BCUT2D eigenvalue weighted by Crippen LogP contribution is -2.34. The maximum absolute atomic E-state index is 16.9. The molecule has 4 N–H and O–H groups in total. The number of benzene rings is 8. The minimum atomic E-state index is -4.11. The average molecular weight is 2260 g/mol. The molecule has 0 saturated heterocycles. The van der Waals surface area contributed by atoms with E-state index in [0.29, 0.717) is 84.5 Å². The number of aromatic nitrogens is 8. The Balaban J connectivity index is 0.000000302. The van der Waals surface area contributed by atoms with Gasteiger partial charge < -0.3 is 37.7 Å². The Morgan fingerprint density at radius 2 is 0.430 bits per heavy atom. The van der Waals surface area contributed by atoms with Crippen LogP contribution in [0.25, 0.3) is 89.5 Å². The third-order valence-corrected chi connectivity index (χ3v) is 30.3. The van der Waals surface area contributed by atoms with Crippen molar-refractivity contribution in [1.29, 1.82) is 0 Å². The van der Waals surface area contributed by atoms with Gasteiger partial charge in [-0.05, 0) is 163 Å². The molecule has 2 aliphatic rings. The Morgan fingerprint density at radius 3 is 0.606 bits per heavy atom. The second kappa shape index (κ2) is 50.2. The van der Waals surface area contributed by atoms with Crippen molar-refractivity contribution in [1.82, 2.24) is 0 Å². The number of fused-ring (bicyclic) bond motifs is 6. The maximum atomic E-state index is 16.9. The van der Waals surface area contributed by atoms with Gasteiger partial charge >= 0.3 is 30.4 Å². The Labute approximate surface area is 880 Å². The standard InChI is InChI=1S/C57H58F2N4O6P2.C49H38F2N4O6P2.2BrH.6ClH/c1-5-66-70(64,67-6-2)39-37-60-29-21-43(22-30-60)45-25-33-62(34-26-45)55-19-17-47(41-53(55)58)57(51-15-11-9-13-49(51)50-14-10-12-16-52(50)57)48-18-20-56(54(59)42-48)63-35-27-46(28-36-63)44-23-31-61(32-24-44)38-40-71(65,68-7-3)69-8-4;50-45-33-39(9-11-47(45)54-25-17-37(18-26-54)35-13-21-52(22-14-35)29-31-62(56,57)58)49(43-7-3-1-5-41(43)42-6-2-4-8-44(42)49)40-10-12-48(46(51)34-40)55-27-19-38(20-28-55)36-15-23-53(24-16-36)30-32-63(59,60)61;;;;;;;;/h9-36,41-42H,5-8,37-40H2,1-4H3;1-28,33-34H,29-32H2;8*1H/q+4;;;;;;;;;/p+4. The van der Waals surface area contributed by atoms with Crippen LogP contribution in [0.5, 0.6) is 0 Å². The number of aryl methyl sites for hydroxylation is 4. The number of rotatable bonds is 32. The van der Waals surface area contributed by atoms with Crippen molar-refractivity contribution in [2.24, 2.45) is 0 Å². The third kappa shape index (κ3) is 25.0. The van der Waals surface area contributed by atoms with E-state index in [1.165, 1.54) is 0 Å². The van der Waals surface area contributed by atoms with Crippen molar-refractivity contribution in [3.05, 3.63) is 434 Å². The number of pyridine rings is 8. The average Bonchev–Trinajstić information content (AvgIpc) is 1.52. The molecule has 142 heavy (non-hydrogen) atoms. The molecule has 0 amide bonds. The third-order valence-electron chi connectivity index (χ3n) is 24.6. The molecular weight excluding hydrogens is 2150 g/mol. The van der Waals surface area contributed by atoms with Gasteiger partial charge in [0.15, 0.2) is 149 Å². The molecule has 0 saturated carbocycles. The highest BCUT2D eigenvalue weighted by Gasteiger charge is 2.49. The SMILES string of the molecule is Br.Br.CCOP(=O)(CC[n+]1ccc(-c2cc[n+](-c3ccc(C4(c5ccc(-[n+]6ccc(-c7cc[n+](CCP(=O)(OCC)OCC)cc7)cc6)c(F)c5)c5ccccc5-c5ccccc54)cc3F)cc2)cc1)OCC.Cl.Cl.Cl.Cl.Cl.Cl.O=P(O)(O)CC[n+]1ccc(-c2cc[n+](-c3ccc(C4(c5ccc(-[n+]6ccc(-c7cc[n+](CCP(=O)(O)O)cc7)cc6)c(F)c5)c5ccccc5-c5ccccc54)cc3F)cc2)cc1. The van der Waals surface area contributed by atoms with Gasteiger partial charge in [-0.1, -0.05) is 121 Å². The Hall–Kier alpha value is -10.0. The summed E-state index contributed by atoms with van der Waals surface area (Å²) in [7, 11) is -14.5. The fourth-order valence-electron chi connectivity index (χ4n) is 18.2. The summed E-state index contributed by atoms with van der Waals surface area (Å²) in [4.78, 5) is 36.9. The predicted molar refractivity (Wildman–Crippen MR) is 565 cm³/mol. The normalized spacial score (nSPS) is 12.3. The maximum Gasteiger partial charge on any atom is 0.337 e. The van der Waals surface area contributed by atoms with Crippen molar-refractivity contribution < 1.29 is 110 Å². The number of halogens is 12. The van der Waals surface area contributed by atoms with Crippen LogP contribution < -0.4 is 36.5 Å². The lowest BCUT2D eigenvalue weighted by atomic mass is 9.67. The number of nitrogens with zero attached hydrogens (tertiary/aromatic N) is 8. The van der Waals surface area contributed by atoms with E-state index < -0.39 is 64.5 Å². The molecule has 740 valence electrons. The first-order valence-electron chi connectivity index (χ1n) is 44.3. The zero-order valence-corrected chi connectivity index (χ0v) is 89.2. The van der Waals surface area contributed by atoms with Crippen LogP contribution in [0.2, 0.25) is 0 Å². The summed E-state index contributed by atoms with van der Waals surface area (Å²) in [6.45, 7) is 9.83. The monoisotopic (exact) mass is 2250 g/mol. The fourth-order valence-corrected chi connectivity index (χ4v) is 22.4. The van der Waals surface area contributed by atoms with Gasteiger partial charge in [-0.2, -0.15) is 35.8 Å². The predicted octanol–water partition coefficient (Wildman–Crippen LogP) is 22.2. The van der Waals surface area contributed by atoms with Gasteiger partial charge in [-0.3, -0.25) is 18.3 Å². The minimum Gasteiger partial charge on any atom is -0.324 e. The van der Waals surface area contributed by atoms with Crippen LogP contribution in [0.1, 0.15) is 72.2 Å². The second-order valence-electron chi connectivity index (χ2n) is 32.7. The van der Waals surface area contributed by atoms with Crippen LogP contribution in [0.4, 0.5) is 17.6 Å². The van der Waals surface area contributed by atoms with E-state index in [9.17, 15) is 37.8 Å². The topological polar surface area (TPSA) is 217 Å². The van der Waals surface area contributed by atoms with E-state index in [-0.39, 0.29) is 146 Å². The molecular formula is C106H108Br2Cl6F4N8O12P4+8. The molecule has 0 aliphatic heterocycles. The first-order valence-corrected chi connectivity index (χ1v) is 51.3. The number of hydrogen-bond acceptors (Lipinski definition) is 8. The van der Waals surface area contributed by atoms with Crippen LogP contribution in [0.15, 0.2) is 366 Å². The molecule has 0 bridgehead atoms. The molecule has 0 atom stereocenters. The van der Waals surface area contributed by atoms with Crippen molar-refractivity contribution >= 4 is 139 Å². The van der Waals surface area contributed by atoms with Crippen LogP contribution >= 0.6 is 139 Å². The summed E-state index contributed by atoms with van der Waals surface area (Å²) >= 11 is 0. The van der Waals surface area contributed by atoms with Gasteiger partial charge in [0.25, 0.3) is 0 Å². The Morgan fingerprint density at radius 1 is 0.254 bits per heavy atom. The van der Waals surface area contributed by atoms with E-state index in [1.807, 2.05) is 253 Å². The lowest BCUT2D eigenvalue weighted by molar-refractivity contribution is -0.692. The van der Waals surface area contributed by atoms with Crippen LogP contribution in [-0.4, -0.2) is 70.6 Å². The molecule has 8 aromatic heterocycles. The quantitative estimate of drug-likeness (QED) is 0.0176. The summed E-state index contributed by atoms with van der Waals surface area (Å²) in [5.41, 5.74) is 17.1. The smallest absolute Gasteiger partial charge is 0.324 e. The molecule has 0 spiro atoms. The van der Waals surface area contributed by atoms with Crippen molar-refractivity contribution in [2.45, 2.75) is 64.7 Å². The minimum absolute atomic E-state index is 0. The van der Waals surface area contributed by atoms with E-state index in [1.54, 1.807) is 153 Å². The Bertz CT molecular complexity index is 6790. The molecule has 0 fully saturated rings. The van der Waals surface area contributed by atoms with Crippen LogP contribution in [0, 0.1) is 23.3 Å². The van der Waals surface area contributed by atoms with E-state index in [0.717, 1.165) is 89.0 Å². The molecule has 18 rings (SSSR count). The van der Waals surface area contributed by atoms with Crippen molar-refractivity contribution in [3.63, 3.8) is 0 Å². The summed E-state index contributed by atoms with van der Waals surface area (Å²) < 4.78 is 152. The number of hydrogen-bond donors (Lipinski definition) is 4. The summed E-state index contributed by atoms with van der Waals surface area (Å²) in [6.07, 6.45) is 29.3. The zero-order valence-electron chi connectivity index (χ0n) is 77.3. The first kappa shape index (κ1) is 116. The largest absolute Gasteiger partial charge is 0.337 e. The molecule has 0 radical (unpaired) electrons. The van der Waals surface area contributed by atoms with Gasteiger partial charge in [-0.15, -0.1) is 108 Å². The highest BCUT2D eigenvalue weighted by molar-refractivity contribution is 8.93. The Kier molecular flexibility index (Phi) is 40.8. The van der Waals surface area contributed by atoms with Crippen LogP contribution in [0.3, 0.4) is 0 Å². The van der Waals surface area contributed by atoms with Gasteiger partial charge in [0.2, 0.25) is 22.7 Å². The molecule has 2 aliphatic carbocycles. The van der Waals surface area contributed by atoms with Gasteiger partial charge in [0.1, 0.15) is 24.6 Å². The van der Waals surface area contributed by atoms with Crippen LogP contribution in [-0.2, 0) is 73.4 Å².